The third-order valence-electron chi connectivity index (χ3n) is 7.86. The van der Waals surface area contributed by atoms with E-state index in [1.54, 1.807) is 29.2 Å². The maximum atomic E-state index is 10.7. The van der Waals surface area contributed by atoms with Crippen LogP contribution < -0.4 is 4.74 Å². The molecule has 0 bridgehead atoms. The predicted octanol–water partition coefficient (Wildman–Crippen LogP) is 10.3. The Morgan fingerprint density at radius 1 is 0.705 bits per heavy atom. The second kappa shape index (κ2) is 16.0. The number of para-hydroxylation sites is 1. The average Bonchev–Trinajstić information content (AvgIpc) is 3.01. The minimum atomic E-state index is -0.280. The molecular weight excluding hydrogens is 591 g/mol. The molecule has 1 aliphatic rings. The summed E-state index contributed by atoms with van der Waals surface area (Å²) in [6, 6.07) is 30.4. The van der Waals surface area contributed by atoms with Crippen molar-refractivity contribution in [2.45, 2.75) is 83.2 Å². The molecule has 2 atom stereocenters. The minimum absolute atomic E-state index is 0.0139. The van der Waals surface area contributed by atoms with Crippen LogP contribution in [0.2, 0.25) is 0 Å². The fraction of sp³-hybridized carbons (Fsp3) is 0.342. The Morgan fingerprint density at radius 3 is 1.68 bits per heavy atom. The van der Waals surface area contributed by atoms with Crippen LogP contribution >= 0.6 is 0 Å². The van der Waals surface area contributed by atoms with Gasteiger partial charge >= 0.3 is 141 Å². The first-order valence-corrected chi connectivity index (χ1v) is 15.7. The van der Waals surface area contributed by atoms with E-state index in [0.29, 0.717) is 11.5 Å². The number of phenolic OH excluding ortho intramolecular Hbond substituents is 2. The van der Waals surface area contributed by atoms with E-state index in [2.05, 4.69) is 68.1 Å². The Hall–Kier alpha value is -3.42. The number of phenols is 2. The number of hydrogen-bond acceptors (Lipinski definition) is 3. The Bertz CT molecular complexity index is 1440. The largest absolute Gasteiger partial charge is 0.676 e. The van der Waals surface area contributed by atoms with Crippen LogP contribution in [0.25, 0.3) is 11.5 Å². The fourth-order valence-corrected chi connectivity index (χ4v) is 5.15. The molecule has 0 saturated heterocycles. The summed E-state index contributed by atoms with van der Waals surface area (Å²) in [4.78, 5) is 1.67. The zero-order valence-electron chi connectivity index (χ0n) is 26.4. The van der Waals surface area contributed by atoms with Crippen molar-refractivity contribution in [2.24, 2.45) is 0 Å². The van der Waals surface area contributed by atoms with E-state index in [4.69, 9.17) is 21.3 Å². The first-order chi connectivity index (χ1) is 20.8. The molecule has 1 fully saturated rings. The van der Waals surface area contributed by atoms with Gasteiger partial charge < -0.3 is 21.3 Å². The molecule has 1 aliphatic carbocycles. The summed E-state index contributed by atoms with van der Waals surface area (Å²) in [7, 11) is 0. The third kappa shape index (κ3) is 10.1. The Kier molecular flexibility index (Phi) is 12.8. The number of nitrogens with one attached hydrogen (secondary N) is 2. The summed E-state index contributed by atoms with van der Waals surface area (Å²) >= 11 is 4.32. The molecule has 2 unspecified atom stereocenters. The average molecular weight is 638 g/mol. The molecule has 237 valence electrons. The topological polar surface area (TPSA) is 97.3 Å². The van der Waals surface area contributed by atoms with Gasteiger partial charge in [-0.1, -0.05) is 43.9 Å². The first-order valence-electron chi connectivity index (χ1n) is 15.1. The molecule has 4 aromatic rings. The summed E-state index contributed by atoms with van der Waals surface area (Å²) in [6.07, 6.45) is 4.25. The van der Waals surface area contributed by atoms with Crippen molar-refractivity contribution in [1.29, 1.82) is 0 Å². The van der Waals surface area contributed by atoms with Crippen LogP contribution in [0.15, 0.2) is 97.1 Å². The van der Waals surface area contributed by atoms with Gasteiger partial charge in [0.1, 0.15) is 17.2 Å². The maximum Gasteiger partial charge on any atom is 0.127 e. The smallest absolute Gasteiger partial charge is 0.127 e. The van der Waals surface area contributed by atoms with E-state index in [-0.39, 0.29) is 28.7 Å². The molecule has 0 amide bonds. The van der Waals surface area contributed by atoms with Crippen LogP contribution in [0.4, 0.5) is 0 Å². The van der Waals surface area contributed by atoms with Crippen molar-refractivity contribution < 1.29 is 30.3 Å². The summed E-state index contributed by atoms with van der Waals surface area (Å²) in [5, 5.41) is 19.8. The van der Waals surface area contributed by atoms with Crippen molar-refractivity contribution >= 4 is 4.96 Å². The number of aromatic hydroxyl groups is 2. The Balaban J connectivity index is 0.000000203. The second-order valence-corrected chi connectivity index (χ2v) is 13.0. The van der Waals surface area contributed by atoms with Gasteiger partial charge in [-0.05, 0) is 36.4 Å². The molecule has 0 aliphatic heterocycles. The van der Waals surface area contributed by atoms with E-state index in [1.807, 2.05) is 54.6 Å². The van der Waals surface area contributed by atoms with Gasteiger partial charge in [0, 0.05) is 0 Å². The van der Waals surface area contributed by atoms with Gasteiger partial charge in [0.25, 0.3) is 0 Å². The molecule has 1 saturated carbocycles. The van der Waals surface area contributed by atoms with Crippen molar-refractivity contribution in [3.63, 3.8) is 0 Å². The van der Waals surface area contributed by atoms with Crippen molar-refractivity contribution in [1.82, 2.24) is 0 Å². The zero-order valence-corrected chi connectivity index (χ0v) is 27.5. The van der Waals surface area contributed by atoms with E-state index in [9.17, 15) is 5.11 Å². The van der Waals surface area contributed by atoms with Gasteiger partial charge in [0.05, 0.1) is 0 Å². The van der Waals surface area contributed by atoms with E-state index < -0.39 is 0 Å². The first kappa shape index (κ1) is 35.1. The zero-order chi connectivity index (χ0) is 32.3. The van der Waals surface area contributed by atoms with Gasteiger partial charge in [0.2, 0.25) is 0 Å². The molecule has 0 radical (unpaired) electrons. The van der Waals surface area contributed by atoms with Crippen LogP contribution in [0.1, 0.15) is 82.6 Å². The third-order valence-corrected chi connectivity index (χ3v) is 8.18. The van der Waals surface area contributed by atoms with Crippen molar-refractivity contribution in [2.75, 3.05) is 0 Å². The van der Waals surface area contributed by atoms with E-state index in [1.165, 1.54) is 24.0 Å². The SMILES string of the molecule is CC(C)(C)c1cc([CH]=[Co])c(O)c(C(C)(C)c2ccccc2)c1.Oc1ccc(Oc2ccccc2)cc1.[NH-]C1CCCCC1[NH-]. The van der Waals surface area contributed by atoms with E-state index in [0.717, 1.165) is 29.7 Å². The van der Waals surface area contributed by atoms with Crippen LogP contribution in [0.5, 0.6) is 23.0 Å². The number of benzene rings is 4. The molecular formula is C38H46CoN2O3-2. The van der Waals surface area contributed by atoms with Crippen LogP contribution in [-0.2, 0) is 26.1 Å². The minimum Gasteiger partial charge on any atom is -0.676 e. The van der Waals surface area contributed by atoms with Gasteiger partial charge in [-0.2, -0.15) is 12.1 Å². The number of rotatable bonds is 5. The molecule has 5 nitrogen and oxygen atoms in total. The summed E-state index contributed by atoms with van der Waals surface area (Å²) in [5.41, 5.74) is 18.4. The molecule has 4 N–H and O–H groups in total. The Labute approximate surface area is 271 Å². The number of hydrogen-bond donors (Lipinski definition) is 2. The van der Waals surface area contributed by atoms with Gasteiger partial charge in [-0.25, -0.2) is 0 Å². The van der Waals surface area contributed by atoms with Gasteiger partial charge in [-0.15, -0.1) is 0 Å². The molecule has 6 heteroatoms. The molecule has 44 heavy (non-hydrogen) atoms. The predicted molar refractivity (Wildman–Crippen MR) is 180 cm³/mol. The van der Waals surface area contributed by atoms with E-state index >= 15 is 0 Å². The summed E-state index contributed by atoms with van der Waals surface area (Å²) in [5.74, 6) is 2.06. The quantitative estimate of drug-likeness (QED) is 0.228. The standard InChI is InChI=1S/C20H24O.C12H10O2.C6H12N2.Co/c1-14-12-16(19(2,3)4)13-17(18(14)21)20(5,6)15-10-8-7-9-11-15;13-10-6-8-12(9-7-10)14-11-4-2-1-3-5-11;7-5-3-1-2-4-6(5)8;/h1,7-13,21H,2-6H3;1-9,13H;5-8H,1-4H2;/q;;-2;. The summed E-state index contributed by atoms with van der Waals surface area (Å²) < 4.78 is 5.52. The van der Waals surface area contributed by atoms with Crippen LogP contribution in [-0.4, -0.2) is 27.3 Å². The summed E-state index contributed by atoms with van der Waals surface area (Å²) in [6.45, 7) is 10.8. The van der Waals surface area contributed by atoms with Crippen LogP contribution in [0, 0.1) is 0 Å². The normalized spacial score (nSPS) is 16.5. The number of ether oxygens (including phenoxy) is 1. The van der Waals surface area contributed by atoms with Gasteiger partial charge in [0.15, 0.2) is 0 Å². The van der Waals surface area contributed by atoms with Crippen LogP contribution in [0.3, 0.4) is 0 Å². The molecule has 4 aromatic carbocycles. The molecule has 5 rings (SSSR count). The monoisotopic (exact) mass is 637 g/mol. The van der Waals surface area contributed by atoms with Gasteiger partial charge in [-0.3, -0.25) is 0 Å². The molecule has 0 heterocycles. The second-order valence-electron chi connectivity index (χ2n) is 12.7. The fourth-order valence-electron chi connectivity index (χ4n) is 4.92. The Morgan fingerprint density at radius 2 is 1.20 bits per heavy atom. The molecule has 0 spiro atoms. The van der Waals surface area contributed by atoms with Crippen molar-refractivity contribution in [3.8, 4) is 23.0 Å². The maximum absolute atomic E-state index is 10.7. The molecule has 0 aromatic heterocycles. The van der Waals surface area contributed by atoms with Crippen molar-refractivity contribution in [3.05, 3.63) is 131 Å².